The van der Waals surface area contributed by atoms with Crippen molar-refractivity contribution in [2.24, 2.45) is 0 Å². The van der Waals surface area contributed by atoms with Gasteiger partial charge in [-0.15, -0.1) is 0 Å². The van der Waals surface area contributed by atoms with Gasteiger partial charge in [-0.25, -0.2) is 25.3 Å². The van der Waals surface area contributed by atoms with Gasteiger partial charge in [0.2, 0.25) is 31.2 Å². The molecule has 0 spiro atoms. The zero-order valence-corrected chi connectivity index (χ0v) is 10.4. The molecule has 0 unspecified atom stereocenters. The Labute approximate surface area is 101 Å². The first-order valence-electron chi connectivity index (χ1n) is 2.05. The van der Waals surface area contributed by atoms with E-state index in [1.165, 1.54) is 0 Å². The average molecular weight is 343 g/mol. The fourth-order valence-electron chi connectivity index (χ4n) is 0. The van der Waals surface area contributed by atoms with Gasteiger partial charge in [0.15, 0.2) is 0 Å². The van der Waals surface area contributed by atoms with Crippen molar-refractivity contribution in [1.82, 2.24) is 0 Å². The third-order valence-corrected chi connectivity index (χ3v) is 0. The summed E-state index contributed by atoms with van der Waals surface area (Å²) in [5.41, 5.74) is 0. The van der Waals surface area contributed by atoms with Crippen LogP contribution in [0.4, 0.5) is 0 Å². The Morgan fingerprint density at radius 3 is 0.562 bits per heavy atom. The monoisotopic (exact) mass is 343 g/mol. The Kier molecular flexibility index (Phi) is 14.4. The smallest absolute Gasteiger partial charge is 0.215 e. The van der Waals surface area contributed by atoms with Crippen LogP contribution in [0.3, 0.4) is 0 Å². The molecule has 0 aliphatic carbocycles. The molecule has 0 amide bonds. The molecule has 0 aliphatic heterocycles. The van der Waals surface area contributed by atoms with Crippen LogP contribution in [0.2, 0.25) is 0 Å². The fraction of sp³-hybridized carbons (Fsp3) is 0. The summed E-state index contributed by atoms with van der Waals surface area (Å²) in [4.78, 5) is 0. The Morgan fingerprint density at radius 1 is 0.562 bits per heavy atom. The van der Waals surface area contributed by atoms with Gasteiger partial charge in [0.25, 0.3) is 0 Å². The van der Waals surface area contributed by atoms with Gasteiger partial charge in [0.1, 0.15) is 0 Å². The van der Waals surface area contributed by atoms with Gasteiger partial charge in [-0.1, -0.05) is 0 Å². The maximum Gasteiger partial charge on any atom is 0.215 e. The molecule has 0 saturated carbocycles. The zero-order valence-electron chi connectivity index (χ0n) is 6.65. The minimum atomic E-state index is -4.92. The van der Waals surface area contributed by atoms with Crippen LogP contribution in [0.1, 0.15) is 0 Å². The largest absolute Gasteiger partial charge is 0.726 e. The van der Waals surface area contributed by atoms with Crippen molar-refractivity contribution in [3.8, 4) is 0 Å². The van der Waals surface area contributed by atoms with E-state index in [0.717, 1.165) is 0 Å². The van der Waals surface area contributed by atoms with Gasteiger partial charge in [0.05, 0.1) is 0 Å². The molecule has 16 heteroatoms. The third kappa shape index (κ3) is 120000. The van der Waals surface area contributed by atoms with E-state index in [2.05, 4.69) is 0 Å². The third-order valence-electron chi connectivity index (χ3n) is 0. The van der Waals surface area contributed by atoms with Crippen LogP contribution in [0.25, 0.3) is 0 Å². The minimum absolute atomic E-state index is 0. The fourth-order valence-corrected chi connectivity index (χ4v) is 0. The standard InChI is InChI=1S/Cr.3H2O4S/c;3*1-5(2,3)4/h;3*(H2,1,2,3,4)/p-3. The second-order valence-electron chi connectivity index (χ2n) is 1.28. The second kappa shape index (κ2) is 9.20. The van der Waals surface area contributed by atoms with E-state index in [1.807, 2.05) is 0 Å². The van der Waals surface area contributed by atoms with Gasteiger partial charge in [-0.3, -0.25) is 13.7 Å². The van der Waals surface area contributed by atoms with Crippen LogP contribution >= 0.6 is 0 Å². The van der Waals surface area contributed by atoms with E-state index >= 15 is 0 Å². The molecule has 0 fully saturated rings. The topological polar surface area (TPSA) is 232 Å². The zero-order chi connectivity index (χ0) is 13.5. The Morgan fingerprint density at radius 2 is 0.562 bits per heavy atom. The van der Waals surface area contributed by atoms with Gasteiger partial charge in [-0.2, -0.15) is 0 Å². The van der Waals surface area contributed by atoms with Crippen molar-refractivity contribution in [3.05, 3.63) is 0 Å². The van der Waals surface area contributed by atoms with Crippen molar-refractivity contribution in [2.45, 2.75) is 0 Å². The molecule has 3 N–H and O–H groups in total. The molecule has 102 valence electrons. The molecular weight excluding hydrogens is 340 g/mol. The van der Waals surface area contributed by atoms with Crippen LogP contribution in [0, 0.1) is 0 Å². The quantitative estimate of drug-likeness (QED) is 0.295. The Balaban J connectivity index is -0.0000000655. The summed E-state index contributed by atoms with van der Waals surface area (Å²) in [5.74, 6) is 0. The van der Waals surface area contributed by atoms with Gasteiger partial charge >= 0.3 is 0 Å². The van der Waals surface area contributed by atoms with Crippen molar-refractivity contribution in [2.75, 3.05) is 0 Å². The van der Waals surface area contributed by atoms with Crippen LogP contribution < -0.4 is 0 Å². The summed E-state index contributed by atoms with van der Waals surface area (Å²) >= 11 is 0. The molecule has 0 saturated heterocycles. The molecule has 0 aromatic heterocycles. The van der Waals surface area contributed by atoms with E-state index in [4.69, 9.17) is 52.6 Å². The summed E-state index contributed by atoms with van der Waals surface area (Å²) < 4.78 is 98.5. The second-order valence-corrected chi connectivity index (χ2v) is 3.85. The number of hydrogen-bond acceptors (Lipinski definition) is 9. The van der Waals surface area contributed by atoms with Gasteiger partial charge in [-0.05, 0) is 0 Å². The summed E-state index contributed by atoms with van der Waals surface area (Å²) in [6.07, 6.45) is 0. The first-order chi connectivity index (χ1) is 6.00. The average Bonchev–Trinajstić information content (AvgIpc) is 1.41. The normalized spacial score (nSPS) is 10.9. The summed E-state index contributed by atoms with van der Waals surface area (Å²) in [7, 11) is -14.7. The molecule has 12 nitrogen and oxygen atoms in total. The Hall–Kier alpha value is 0.142. The van der Waals surface area contributed by atoms with Gasteiger partial charge in [0, 0.05) is 17.4 Å². The molecule has 0 heterocycles. The van der Waals surface area contributed by atoms with E-state index in [9.17, 15) is 0 Å². The predicted molar refractivity (Wildman–Crippen MR) is 37.0 cm³/mol. The SMILES string of the molecule is O=S(=O)([O-])O.O=S(=O)([O-])O.O=S(=O)([O-])O.[Cr]. The minimum Gasteiger partial charge on any atom is -0.726 e. The van der Waals surface area contributed by atoms with E-state index in [1.54, 1.807) is 0 Å². The van der Waals surface area contributed by atoms with Gasteiger partial charge < -0.3 is 13.7 Å². The first-order valence-corrected chi connectivity index (χ1v) is 6.14. The molecule has 0 aliphatic rings. The van der Waals surface area contributed by atoms with E-state index in [0.29, 0.717) is 0 Å². The maximum absolute atomic E-state index is 8.63. The molecule has 0 rings (SSSR count). The maximum atomic E-state index is 8.63. The first kappa shape index (κ1) is 25.1. The molecular formula is H3CrO12S3-3. The van der Waals surface area contributed by atoms with E-state index in [-0.39, 0.29) is 17.4 Å². The number of rotatable bonds is 0. The van der Waals surface area contributed by atoms with Crippen molar-refractivity contribution in [1.29, 1.82) is 0 Å². The Bertz CT molecular complexity index is 337. The van der Waals surface area contributed by atoms with E-state index < -0.39 is 31.2 Å². The summed E-state index contributed by atoms with van der Waals surface area (Å²) in [6, 6.07) is 0. The van der Waals surface area contributed by atoms with Crippen molar-refractivity contribution in [3.63, 3.8) is 0 Å². The van der Waals surface area contributed by atoms with Crippen LogP contribution in [0.5, 0.6) is 0 Å². The van der Waals surface area contributed by atoms with Crippen molar-refractivity contribution < 1.29 is 69.9 Å². The van der Waals surface area contributed by atoms with Crippen LogP contribution in [-0.2, 0) is 48.6 Å². The van der Waals surface area contributed by atoms with Crippen LogP contribution in [0.15, 0.2) is 0 Å². The molecule has 0 bridgehead atoms. The summed E-state index contributed by atoms with van der Waals surface area (Å²) in [5, 5.41) is 0. The number of hydrogen-bond donors (Lipinski definition) is 3. The molecule has 0 aromatic carbocycles. The van der Waals surface area contributed by atoms with Crippen LogP contribution in [-0.4, -0.2) is 52.6 Å². The molecule has 16 heavy (non-hydrogen) atoms. The molecule has 0 aromatic rings. The molecule has 0 atom stereocenters. The predicted octanol–water partition coefficient (Wildman–Crippen LogP) is -2.99. The molecule has 0 radical (unpaired) electrons. The summed E-state index contributed by atoms with van der Waals surface area (Å²) in [6.45, 7) is 0. The van der Waals surface area contributed by atoms with Crippen molar-refractivity contribution >= 4 is 31.2 Å².